The fourth-order valence-corrected chi connectivity index (χ4v) is 8.00. The highest BCUT2D eigenvalue weighted by molar-refractivity contribution is 6.18. The van der Waals surface area contributed by atoms with Crippen LogP contribution in [0.4, 0.5) is 0 Å². The predicted molar refractivity (Wildman–Crippen MR) is 219 cm³/mol. The van der Waals surface area contributed by atoms with Gasteiger partial charge < -0.3 is 8.98 Å². The molecule has 0 unspecified atom stereocenters. The van der Waals surface area contributed by atoms with Crippen molar-refractivity contribution < 1.29 is 4.42 Å². The summed E-state index contributed by atoms with van der Waals surface area (Å²) >= 11 is 0. The highest BCUT2D eigenvalue weighted by Crippen LogP contribution is 2.41. The molecule has 0 amide bonds. The Balaban J connectivity index is 1.13. The number of rotatable bonds is 5. The molecule has 0 saturated carbocycles. The van der Waals surface area contributed by atoms with Gasteiger partial charge in [0.05, 0.1) is 22.1 Å². The highest BCUT2D eigenvalue weighted by Gasteiger charge is 2.19. The van der Waals surface area contributed by atoms with Crippen LogP contribution >= 0.6 is 0 Å². The van der Waals surface area contributed by atoms with E-state index in [0.717, 1.165) is 72.2 Å². The van der Waals surface area contributed by atoms with Gasteiger partial charge in [-0.15, -0.1) is 0 Å². The van der Waals surface area contributed by atoms with Crippen molar-refractivity contribution in [3.63, 3.8) is 0 Å². The lowest BCUT2D eigenvalue weighted by atomic mass is 10.0. The summed E-state index contributed by atoms with van der Waals surface area (Å²) in [7, 11) is 0. The van der Waals surface area contributed by atoms with E-state index in [1.807, 2.05) is 12.1 Å². The Bertz CT molecular complexity index is 3130. The Kier molecular flexibility index (Phi) is 6.52. The minimum atomic E-state index is 0.886. The lowest BCUT2D eigenvalue weighted by Gasteiger charge is -2.12. The second-order valence-electron chi connectivity index (χ2n) is 13.6. The van der Waals surface area contributed by atoms with Crippen molar-refractivity contribution in [2.24, 2.45) is 0 Å². The van der Waals surface area contributed by atoms with Crippen molar-refractivity contribution in [1.29, 1.82) is 0 Å². The summed E-state index contributed by atoms with van der Waals surface area (Å²) in [4.78, 5) is 5.12. The van der Waals surface area contributed by atoms with Crippen molar-refractivity contribution in [2.45, 2.75) is 0 Å². The van der Waals surface area contributed by atoms with Crippen molar-refractivity contribution >= 4 is 54.8 Å². The van der Waals surface area contributed by atoms with E-state index < -0.39 is 0 Å². The van der Waals surface area contributed by atoms with Crippen LogP contribution in [0, 0.1) is 0 Å². The van der Waals surface area contributed by atoms with Gasteiger partial charge in [-0.05, 0) is 107 Å². The first-order chi connectivity index (χ1) is 26.3. The lowest BCUT2D eigenvalue weighted by molar-refractivity contribution is 0.669. The molecular formula is C49H31N3O. The fraction of sp³-hybridized carbons (Fsp3) is 0. The number of aromatic nitrogens is 3. The molecule has 0 atom stereocenters. The van der Waals surface area contributed by atoms with E-state index in [0.29, 0.717) is 0 Å². The normalized spacial score (nSPS) is 11.8. The Hall–Kier alpha value is -7.17. The van der Waals surface area contributed by atoms with E-state index in [1.165, 1.54) is 27.6 Å². The van der Waals surface area contributed by atoms with Crippen LogP contribution in [0.2, 0.25) is 0 Å². The highest BCUT2D eigenvalue weighted by atomic mass is 16.3. The van der Waals surface area contributed by atoms with E-state index in [1.54, 1.807) is 0 Å². The van der Waals surface area contributed by atoms with Crippen LogP contribution in [0.5, 0.6) is 0 Å². The third kappa shape index (κ3) is 4.73. The van der Waals surface area contributed by atoms with Crippen molar-refractivity contribution in [2.75, 3.05) is 0 Å². The monoisotopic (exact) mass is 677 g/mol. The first-order valence-corrected chi connectivity index (χ1v) is 18.0. The summed E-state index contributed by atoms with van der Waals surface area (Å²) < 4.78 is 11.2. The maximum Gasteiger partial charge on any atom is 0.145 e. The molecule has 4 heteroatoms. The van der Waals surface area contributed by atoms with Gasteiger partial charge in [-0.3, -0.25) is 4.57 Å². The molecule has 53 heavy (non-hydrogen) atoms. The van der Waals surface area contributed by atoms with Gasteiger partial charge in [0.2, 0.25) is 0 Å². The lowest BCUT2D eigenvalue weighted by Crippen LogP contribution is -1.98. The Morgan fingerprint density at radius 3 is 1.64 bits per heavy atom. The summed E-state index contributed by atoms with van der Waals surface area (Å²) in [6, 6.07) is 66.6. The largest absolute Gasteiger partial charge is 0.456 e. The number of hydrogen-bond donors (Lipinski definition) is 0. The van der Waals surface area contributed by atoms with Crippen molar-refractivity contribution in [3.8, 4) is 45.0 Å². The quantitative estimate of drug-likeness (QED) is 0.182. The molecule has 0 N–H and O–H groups in total. The van der Waals surface area contributed by atoms with Gasteiger partial charge in [0, 0.05) is 38.5 Å². The summed E-state index contributed by atoms with van der Waals surface area (Å²) in [5.41, 5.74) is 14.1. The van der Waals surface area contributed by atoms with Gasteiger partial charge in [0.25, 0.3) is 0 Å². The van der Waals surface area contributed by atoms with Crippen LogP contribution in [0.1, 0.15) is 0 Å². The van der Waals surface area contributed by atoms with Gasteiger partial charge in [-0.2, -0.15) is 0 Å². The van der Waals surface area contributed by atoms with E-state index in [2.05, 4.69) is 185 Å². The molecule has 0 spiro atoms. The minimum Gasteiger partial charge on any atom is -0.456 e. The van der Waals surface area contributed by atoms with Gasteiger partial charge in [-0.1, -0.05) is 103 Å². The molecule has 11 rings (SSSR count). The van der Waals surface area contributed by atoms with Gasteiger partial charge >= 0.3 is 0 Å². The molecule has 0 bridgehead atoms. The summed E-state index contributed by atoms with van der Waals surface area (Å²) in [5.74, 6) is 0.916. The van der Waals surface area contributed by atoms with Crippen LogP contribution in [0.3, 0.4) is 0 Å². The molecular weight excluding hydrogens is 647 g/mol. The number of benzene rings is 8. The second kappa shape index (κ2) is 11.7. The molecule has 3 aromatic heterocycles. The molecule has 0 aliphatic rings. The number of para-hydroxylation sites is 3. The molecule has 11 aromatic rings. The van der Waals surface area contributed by atoms with Gasteiger partial charge in [0.15, 0.2) is 0 Å². The van der Waals surface area contributed by atoms with Gasteiger partial charge in [-0.25, -0.2) is 4.98 Å². The standard InChI is InChI=1S/C49H31N3O/c1-4-12-32(13-5-1)35-22-26-44-39(28-35)40-31-48-42(41-29-36(23-27-47(41)53-48)33-14-6-2-7-15-33)30-46(40)51(44)38-24-20-34(21-25-38)49-50-43-18-10-11-19-45(43)52(49)37-16-8-3-9-17-37/h1-31H. The molecule has 0 saturated heterocycles. The summed E-state index contributed by atoms with van der Waals surface area (Å²) in [5, 5.41) is 4.55. The van der Waals surface area contributed by atoms with Crippen molar-refractivity contribution in [3.05, 3.63) is 188 Å². The first-order valence-electron chi connectivity index (χ1n) is 18.0. The first kappa shape index (κ1) is 29.5. The van der Waals surface area contributed by atoms with Crippen LogP contribution in [0.25, 0.3) is 99.8 Å². The average Bonchev–Trinajstić information content (AvgIpc) is 3.90. The molecule has 3 heterocycles. The Morgan fingerprint density at radius 2 is 0.906 bits per heavy atom. The summed E-state index contributed by atoms with van der Waals surface area (Å²) in [6.45, 7) is 0. The Labute approximate surface area is 305 Å². The average molecular weight is 678 g/mol. The van der Waals surface area contributed by atoms with Crippen LogP contribution < -0.4 is 0 Å². The molecule has 4 nitrogen and oxygen atoms in total. The SMILES string of the molecule is c1ccc(-c2ccc3oc4cc5c6cc(-c7ccccc7)ccc6n(-c6ccc(-c7nc8ccccc8n7-c7ccccc7)cc6)c5cc4c3c2)cc1. The third-order valence-electron chi connectivity index (χ3n) is 10.5. The van der Waals surface area contributed by atoms with E-state index in [4.69, 9.17) is 9.40 Å². The van der Waals surface area contributed by atoms with Crippen LogP contribution in [-0.2, 0) is 0 Å². The fourth-order valence-electron chi connectivity index (χ4n) is 8.00. The zero-order chi connectivity index (χ0) is 34.9. The maximum atomic E-state index is 6.55. The minimum absolute atomic E-state index is 0.886. The second-order valence-corrected chi connectivity index (χ2v) is 13.6. The molecule has 8 aromatic carbocycles. The number of hydrogen-bond acceptors (Lipinski definition) is 2. The number of furan rings is 1. The number of imidazole rings is 1. The zero-order valence-corrected chi connectivity index (χ0v) is 28.6. The topological polar surface area (TPSA) is 35.9 Å². The summed E-state index contributed by atoms with van der Waals surface area (Å²) in [6.07, 6.45) is 0. The third-order valence-corrected chi connectivity index (χ3v) is 10.5. The smallest absolute Gasteiger partial charge is 0.145 e. The number of fused-ring (bicyclic) bond motifs is 7. The van der Waals surface area contributed by atoms with E-state index in [-0.39, 0.29) is 0 Å². The number of nitrogens with zero attached hydrogens (tertiary/aromatic N) is 3. The molecule has 0 aliphatic carbocycles. The Morgan fingerprint density at radius 1 is 0.340 bits per heavy atom. The maximum absolute atomic E-state index is 6.55. The van der Waals surface area contributed by atoms with Crippen molar-refractivity contribution in [1.82, 2.24) is 14.1 Å². The van der Waals surface area contributed by atoms with Gasteiger partial charge in [0.1, 0.15) is 17.0 Å². The predicted octanol–water partition coefficient (Wildman–Crippen LogP) is 13.0. The molecule has 0 radical (unpaired) electrons. The molecule has 248 valence electrons. The zero-order valence-electron chi connectivity index (χ0n) is 28.6. The van der Waals surface area contributed by atoms with E-state index >= 15 is 0 Å². The van der Waals surface area contributed by atoms with Crippen LogP contribution in [-0.4, -0.2) is 14.1 Å². The van der Waals surface area contributed by atoms with Crippen LogP contribution in [0.15, 0.2) is 192 Å². The molecule has 0 aliphatic heterocycles. The van der Waals surface area contributed by atoms with E-state index in [9.17, 15) is 0 Å². The molecule has 0 fully saturated rings.